The Balaban J connectivity index is -0.00000000756. The fourth-order valence-electron chi connectivity index (χ4n) is 0. The molecule has 10 nitrogen and oxygen atoms in total. The minimum absolute atomic E-state index is 0. The van der Waals surface area contributed by atoms with Crippen molar-refractivity contribution >= 4 is 153 Å². The quantitative estimate of drug-likeness (QED) is 0.114. The molecule has 0 unspecified atom stereocenters. The summed E-state index contributed by atoms with van der Waals surface area (Å²) in [4.78, 5) is 26.6. The Hall–Kier alpha value is 3.48. The van der Waals surface area contributed by atoms with E-state index in [1.54, 1.807) is 6.92 Å². The van der Waals surface area contributed by atoms with Gasteiger partial charge in [0.25, 0.3) is 5.97 Å². The molecule has 0 bridgehead atoms. The molecule has 2 radical (unpaired) electrons. The van der Waals surface area contributed by atoms with Crippen LogP contribution in [-0.2, 0) is 36.9 Å². The molecule has 0 spiro atoms. The van der Waals surface area contributed by atoms with Crippen LogP contribution in [0, 0.1) is 15.3 Å². The van der Waals surface area contributed by atoms with Crippen molar-refractivity contribution in [2.45, 2.75) is 20.3 Å². The zero-order valence-corrected chi connectivity index (χ0v) is 19.6. The monoisotopic (exact) mass is 696 g/mol. The van der Waals surface area contributed by atoms with Gasteiger partial charge in [0.2, 0.25) is 0 Å². The maximum atomic E-state index is 9.37. The average Bonchev–Trinajstić information content (AvgIpc) is 2.06. The van der Waals surface area contributed by atoms with E-state index in [-0.39, 0.29) is 175 Å². The zero-order valence-electron chi connectivity index (χ0n) is 10.0. The number of hydrogen-bond donors (Lipinski definition) is 4. The van der Waals surface area contributed by atoms with Gasteiger partial charge in [-0.05, 0) is 0 Å². The molecule has 4 N–H and O–H groups in total. The van der Waals surface area contributed by atoms with E-state index in [0.717, 1.165) is 6.92 Å². The van der Waals surface area contributed by atoms with Crippen molar-refractivity contribution in [1.29, 1.82) is 0 Å². The van der Waals surface area contributed by atoms with Crippen molar-refractivity contribution < 1.29 is 62.7 Å². The van der Waals surface area contributed by atoms with Crippen LogP contribution in [0.1, 0.15) is 20.3 Å². The minimum Gasteiger partial charge on any atom is 2.00 e. The summed E-state index contributed by atoms with van der Waals surface area (Å²) in [6.45, 7) is 2.68. The molecule has 0 rings (SSSR count). The fraction of sp³-hybridized carbons (Fsp3) is 0.600. The molecule has 0 heterocycles. The van der Waals surface area contributed by atoms with Crippen molar-refractivity contribution in [3.8, 4) is 0 Å². The van der Waals surface area contributed by atoms with E-state index in [4.69, 9.17) is 40.8 Å². The molecule has 0 aromatic rings. The van der Waals surface area contributed by atoms with Gasteiger partial charge in [-0.2, -0.15) is 0 Å². The summed E-state index contributed by atoms with van der Waals surface area (Å²) < 4.78 is 0. The molecule has 0 saturated heterocycles. The van der Waals surface area contributed by atoms with Gasteiger partial charge >= 0.3 is 122 Å². The molecule has 0 aromatic heterocycles. The molecule has 0 aliphatic heterocycles. The third-order valence-corrected chi connectivity index (χ3v) is 0.302. The van der Waals surface area contributed by atoms with Gasteiger partial charge in [0.15, 0.2) is 0 Å². The molecule has 0 fully saturated rings. The molecule has 0 saturated carbocycles. The van der Waals surface area contributed by atoms with Crippen molar-refractivity contribution in [2.75, 3.05) is 0 Å². The number of nitrogens with zero attached hydrogens (tertiary/aromatic N) is 1. The van der Waals surface area contributed by atoms with E-state index in [1.807, 2.05) is 0 Å². The first-order valence-corrected chi connectivity index (χ1v) is 3.16. The standard InChI is InChI=1S/C3H6O2.C2H4O2.Cd.2ClH.NO3.3Na.H2O2.Pb.3H/c1-2-3(4)5;1-2(3)4;;;;2-1(3)4;;;;1-2;;;;/h2H2,1H3,(H,4,5);1H3,(H,3,4);;2*1H;;;;;1-2H;;;;/q;;;;;-1;;;;;+2;;;. The van der Waals surface area contributed by atoms with Gasteiger partial charge in [0.1, 0.15) is 0 Å². The first-order chi connectivity index (χ1) is 6.73. The second-order valence-corrected chi connectivity index (χ2v) is 1.49. The summed E-state index contributed by atoms with van der Waals surface area (Å²) in [6.07, 6.45) is 0.222. The molecule has 17 heteroatoms. The summed E-state index contributed by atoms with van der Waals surface area (Å²) in [7, 11) is 0. The van der Waals surface area contributed by atoms with Gasteiger partial charge < -0.3 is 25.5 Å². The van der Waals surface area contributed by atoms with E-state index in [0.29, 0.717) is 0 Å². The molecule has 0 atom stereocenters. The van der Waals surface area contributed by atoms with Crippen molar-refractivity contribution in [3.05, 3.63) is 15.3 Å². The number of hydrogen-bond acceptors (Lipinski definition) is 7. The molecule has 0 aromatic carbocycles. The second-order valence-electron chi connectivity index (χ2n) is 1.49. The van der Waals surface area contributed by atoms with Gasteiger partial charge in [-0.25, -0.2) is 0 Å². The van der Waals surface area contributed by atoms with Crippen LogP contribution < -0.4 is 0 Å². The Labute approximate surface area is 246 Å². The predicted molar refractivity (Wildman–Crippen MR) is 88.6 cm³/mol. The van der Waals surface area contributed by atoms with Gasteiger partial charge in [-0.15, -0.1) is 24.8 Å². The number of aliphatic carboxylic acids is 2. The summed E-state index contributed by atoms with van der Waals surface area (Å²) in [5.41, 5.74) is 0. The number of rotatable bonds is 1. The summed E-state index contributed by atoms with van der Waals surface area (Å²) in [5.74, 6) is -1.58. The van der Waals surface area contributed by atoms with E-state index >= 15 is 0 Å². The normalized spacial score (nSPS) is 4.18. The Morgan fingerprint density at radius 3 is 1.05 bits per heavy atom. The topological polar surface area (TPSA) is 181 Å². The van der Waals surface area contributed by atoms with Gasteiger partial charge in [0.05, 0.1) is 5.09 Å². The third-order valence-electron chi connectivity index (χ3n) is 0.302. The van der Waals surface area contributed by atoms with Gasteiger partial charge in [0, 0.05) is 40.6 Å². The SMILES string of the molecule is CC(=O)O.CCC(=O)O.Cl.Cl.O=[N+]([O-])[O-].OO.[Cd].[NaH].[NaH].[NaH].[Pb+2]. The average molecular weight is 695 g/mol. The second kappa shape index (κ2) is 74.3. The van der Waals surface area contributed by atoms with Crippen LogP contribution in [0.3, 0.4) is 0 Å². The molecular formula is C5H17CdCl2NNa3O9Pb+. The first-order valence-electron chi connectivity index (χ1n) is 3.16. The number of carbonyl (C=O) groups is 2. The van der Waals surface area contributed by atoms with Gasteiger partial charge in [-0.1, -0.05) is 6.92 Å². The largest absolute Gasteiger partial charge is 2.00 e. The first kappa shape index (κ1) is 72.8. The molecule has 0 amide bonds. The Morgan fingerprint density at radius 1 is 1.00 bits per heavy atom. The smallest absolute Gasteiger partial charge is 2.00 e. The van der Waals surface area contributed by atoms with E-state index in [2.05, 4.69) is 0 Å². The number of carboxylic acid groups (broad SMARTS) is 2. The Morgan fingerprint density at radius 2 is 1.05 bits per heavy atom. The van der Waals surface area contributed by atoms with Crippen LogP contribution in [0.25, 0.3) is 0 Å². The summed E-state index contributed by atoms with van der Waals surface area (Å²) >= 11 is 0. The zero-order chi connectivity index (χ0) is 13.4. The van der Waals surface area contributed by atoms with Gasteiger partial charge in [-0.3, -0.25) is 20.1 Å². The van der Waals surface area contributed by atoms with Crippen LogP contribution in [0.15, 0.2) is 0 Å². The Bertz CT molecular complexity index is 181. The molecule has 0 aliphatic carbocycles. The van der Waals surface area contributed by atoms with E-state index in [1.165, 1.54) is 0 Å². The van der Waals surface area contributed by atoms with Crippen molar-refractivity contribution in [1.82, 2.24) is 0 Å². The summed E-state index contributed by atoms with van der Waals surface area (Å²) in [6, 6.07) is 0. The van der Waals surface area contributed by atoms with Crippen LogP contribution >= 0.6 is 24.8 Å². The maximum Gasteiger partial charge on any atom is 2.00 e. The van der Waals surface area contributed by atoms with E-state index < -0.39 is 17.0 Å². The third kappa shape index (κ3) is 395. The molecule has 118 valence electrons. The number of carboxylic acids is 2. The number of halogens is 2. The van der Waals surface area contributed by atoms with Crippen molar-refractivity contribution in [3.63, 3.8) is 0 Å². The van der Waals surface area contributed by atoms with E-state index in [9.17, 15) is 4.79 Å². The fourth-order valence-corrected chi connectivity index (χ4v) is 0. The van der Waals surface area contributed by atoms with Crippen LogP contribution in [0.4, 0.5) is 0 Å². The molecule has 0 aliphatic rings. The Kier molecular flexibility index (Phi) is 246. The van der Waals surface area contributed by atoms with Crippen LogP contribution in [0.5, 0.6) is 0 Å². The summed E-state index contributed by atoms with van der Waals surface area (Å²) in [5, 5.41) is 41.9. The maximum absolute atomic E-state index is 9.37. The molecular weight excluding hydrogens is 678 g/mol. The molecule has 22 heavy (non-hydrogen) atoms. The predicted octanol–water partition coefficient (Wildman–Crippen LogP) is -1.14. The van der Waals surface area contributed by atoms with Crippen LogP contribution in [0.2, 0.25) is 0 Å². The van der Waals surface area contributed by atoms with Crippen molar-refractivity contribution in [2.24, 2.45) is 0 Å². The van der Waals surface area contributed by atoms with Crippen LogP contribution in [-0.4, -0.2) is 154 Å². The minimum atomic E-state index is -1.75.